The zero-order valence-electron chi connectivity index (χ0n) is 16.1. The van der Waals surface area contributed by atoms with Crippen molar-refractivity contribution >= 4 is 0 Å². The predicted octanol–water partition coefficient (Wildman–Crippen LogP) is 6.96. The summed E-state index contributed by atoms with van der Waals surface area (Å²) in [6, 6.07) is 1.78. The van der Waals surface area contributed by atoms with Crippen LogP contribution in [0.3, 0.4) is 0 Å². The van der Waals surface area contributed by atoms with Crippen LogP contribution >= 0.6 is 0 Å². The molecule has 6 atom stereocenters. The van der Waals surface area contributed by atoms with E-state index in [2.05, 4.69) is 11.7 Å². The molecule has 0 N–H and O–H groups in total. The topological polar surface area (TPSA) is 9.23 Å². The van der Waals surface area contributed by atoms with Gasteiger partial charge in [-0.05, 0) is 91.7 Å². The number of hydrogen-bond acceptors (Lipinski definition) is 1. The summed E-state index contributed by atoms with van der Waals surface area (Å²) in [6.07, 6.45) is 0.996. The van der Waals surface area contributed by atoms with Gasteiger partial charge in [0.15, 0.2) is 0 Å². The summed E-state index contributed by atoms with van der Waals surface area (Å²) >= 11 is 0. The van der Waals surface area contributed by atoms with E-state index >= 15 is 0 Å². The molecule has 0 radical (unpaired) electrons. The number of ether oxygens (including phenoxy) is 1. The third-order valence-electron chi connectivity index (χ3n) is 7.40. The van der Waals surface area contributed by atoms with Crippen LogP contribution in [0.5, 0.6) is 0 Å². The van der Waals surface area contributed by atoms with E-state index in [9.17, 15) is 22.0 Å². The zero-order chi connectivity index (χ0) is 20.1. The first-order chi connectivity index (χ1) is 13.2. The second kappa shape index (κ2) is 7.58. The monoisotopic (exact) mass is 402 g/mol. The van der Waals surface area contributed by atoms with Gasteiger partial charge in [-0.3, -0.25) is 4.74 Å². The number of rotatable bonds is 2. The van der Waals surface area contributed by atoms with Gasteiger partial charge in [0.2, 0.25) is 0 Å². The Balaban J connectivity index is 1.60. The molecule has 28 heavy (non-hydrogen) atoms. The van der Waals surface area contributed by atoms with Crippen molar-refractivity contribution in [2.45, 2.75) is 70.8 Å². The Hall–Kier alpha value is -1.17. The van der Waals surface area contributed by atoms with Crippen LogP contribution in [0.2, 0.25) is 0 Å². The SMILES string of the molecule is CC1CCC2CC(C3CCc4c(F)cc(F)cc4C3OC(F)(F)F)CCC2C1. The summed E-state index contributed by atoms with van der Waals surface area (Å²) in [5, 5.41) is 0. The van der Waals surface area contributed by atoms with Gasteiger partial charge in [0.25, 0.3) is 0 Å². The summed E-state index contributed by atoms with van der Waals surface area (Å²) in [6.45, 7) is 2.27. The summed E-state index contributed by atoms with van der Waals surface area (Å²) < 4.78 is 72.0. The minimum Gasteiger partial charge on any atom is -0.283 e. The standard InChI is InChI=1S/C22H27F5O/c1-12-2-3-14-9-15(5-4-13(14)8-12)17-6-7-18-19(10-16(23)11-20(18)24)21(17)28-22(25,26)27/h10-15,17,21H,2-9H2,1H3. The van der Waals surface area contributed by atoms with Crippen molar-refractivity contribution in [2.75, 3.05) is 0 Å². The number of hydrogen-bond donors (Lipinski definition) is 0. The lowest BCUT2D eigenvalue weighted by atomic mass is 9.61. The van der Waals surface area contributed by atoms with Gasteiger partial charge in [-0.15, -0.1) is 13.2 Å². The molecule has 0 aromatic heterocycles. The lowest BCUT2D eigenvalue weighted by Gasteiger charge is -2.46. The molecule has 2 fully saturated rings. The molecule has 2 saturated carbocycles. The van der Waals surface area contributed by atoms with Gasteiger partial charge < -0.3 is 0 Å². The van der Waals surface area contributed by atoms with Crippen LogP contribution < -0.4 is 0 Å². The molecule has 1 aromatic rings. The van der Waals surface area contributed by atoms with Crippen molar-refractivity contribution in [1.82, 2.24) is 0 Å². The third kappa shape index (κ3) is 4.07. The molecular formula is C22H27F5O. The van der Waals surface area contributed by atoms with Crippen molar-refractivity contribution in [2.24, 2.45) is 29.6 Å². The quantitative estimate of drug-likeness (QED) is 0.486. The average molecular weight is 402 g/mol. The lowest BCUT2D eigenvalue weighted by molar-refractivity contribution is -0.354. The van der Waals surface area contributed by atoms with E-state index < -0.39 is 24.1 Å². The first-order valence-electron chi connectivity index (χ1n) is 10.4. The van der Waals surface area contributed by atoms with Crippen molar-refractivity contribution in [3.05, 3.63) is 34.9 Å². The van der Waals surface area contributed by atoms with E-state index in [1.54, 1.807) is 0 Å². The van der Waals surface area contributed by atoms with Gasteiger partial charge >= 0.3 is 6.36 Å². The van der Waals surface area contributed by atoms with Gasteiger partial charge in [-0.25, -0.2) is 8.78 Å². The largest absolute Gasteiger partial charge is 0.523 e. The van der Waals surface area contributed by atoms with Crippen molar-refractivity contribution < 1.29 is 26.7 Å². The van der Waals surface area contributed by atoms with Crippen LogP contribution in [0.25, 0.3) is 0 Å². The molecule has 0 amide bonds. The molecule has 3 aliphatic rings. The van der Waals surface area contributed by atoms with Crippen LogP contribution in [0.4, 0.5) is 22.0 Å². The Labute approximate surface area is 162 Å². The van der Waals surface area contributed by atoms with E-state index in [0.717, 1.165) is 43.7 Å². The van der Waals surface area contributed by atoms with Gasteiger partial charge in [0, 0.05) is 6.07 Å². The van der Waals surface area contributed by atoms with Crippen LogP contribution in [0, 0.1) is 41.2 Å². The minimum absolute atomic E-state index is 0.0467. The van der Waals surface area contributed by atoms with E-state index in [1.807, 2.05) is 0 Å². The van der Waals surface area contributed by atoms with Gasteiger partial charge in [-0.2, -0.15) is 0 Å². The Morgan fingerprint density at radius 1 is 0.893 bits per heavy atom. The summed E-state index contributed by atoms with van der Waals surface area (Å²) in [5.41, 5.74) is 0.220. The first-order valence-corrected chi connectivity index (χ1v) is 10.4. The van der Waals surface area contributed by atoms with Crippen LogP contribution in [-0.2, 0) is 11.2 Å². The average Bonchev–Trinajstić information content (AvgIpc) is 2.60. The molecule has 6 unspecified atom stereocenters. The highest BCUT2D eigenvalue weighted by Crippen LogP contribution is 2.52. The maximum absolute atomic E-state index is 14.2. The molecule has 0 bridgehead atoms. The molecule has 3 aliphatic carbocycles. The summed E-state index contributed by atoms with van der Waals surface area (Å²) in [5.74, 6) is 0.107. The zero-order valence-corrected chi connectivity index (χ0v) is 16.1. The molecular weight excluding hydrogens is 375 g/mol. The van der Waals surface area contributed by atoms with Gasteiger partial charge in [-0.1, -0.05) is 13.3 Å². The maximum Gasteiger partial charge on any atom is 0.523 e. The Kier molecular flexibility index (Phi) is 5.45. The van der Waals surface area contributed by atoms with E-state index in [4.69, 9.17) is 0 Å². The van der Waals surface area contributed by atoms with E-state index in [0.29, 0.717) is 24.7 Å². The molecule has 156 valence electrons. The molecule has 1 nitrogen and oxygen atoms in total. The highest BCUT2D eigenvalue weighted by molar-refractivity contribution is 5.34. The van der Waals surface area contributed by atoms with Crippen molar-refractivity contribution in [3.63, 3.8) is 0 Å². The van der Waals surface area contributed by atoms with Gasteiger partial charge in [0.1, 0.15) is 11.6 Å². The number of halogens is 5. The van der Waals surface area contributed by atoms with Crippen LogP contribution in [-0.4, -0.2) is 6.36 Å². The fourth-order valence-electron chi connectivity index (χ4n) is 6.16. The Morgan fingerprint density at radius 2 is 1.57 bits per heavy atom. The minimum atomic E-state index is -4.84. The van der Waals surface area contributed by atoms with Gasteiger partial charge in [0.05, 0.1) is 6.10 Å². The highest BCUT2D eigenvalue weighted by atomic mass is 19.4. The summed E-state index contributed by atoms with van der Waals surface area (Å²) in [7, 11) is 0. The molecule has 0 saturated heterocycles. The fraction of sp³-hybridized carbons (Fsp3) is 0.727. The molecule has 0 heterocycles. The van der Waals surface area contributed by atoms with Crippen molar-refractivity contribution in [1.29, 1.82) is 0 Å². The lowest BCUT2D eigenvalue weighted by Crippen LogP contribution is -2.38. The fourth-order valence-corrected chi connectivity index (χ4v) is 6.16. The smallest absolute Gasteiger partial charge is 0.283 e. The molecule has 1 aromatic carbocycles. The normalized spacial score (nSPS) is 35.9. The highest BCUT2D eigenvalue weighted by Gasteiger charge is 2.46. The number of fused-ring (bicyclic) bond motifs is 2. The molecule has 0 aliphatic heterocycles. The third-order valence-corrected chi connectivity index (χ3v) is 7.40. The second-order valence-electron chi connectivity index (χ2n) is 9.15. The molecule has 0 spiro atoms. The maximum atomic E-state index is 14.2. The number of alkyl halides is 3. The van der Waals surface area contributed by atoms with Crippen molar-refractivity contribution in [3.8, 4) is 0 Å². The summed E-state index contributed by atoms with van der Waals surface area (Å²) in [4.78, 5) is 0. The molecule has 6 heteroatoms. The Bertz CT molecular complexity index is 716. The Morgan fingerprint density at radius 3 is 2.32 bits per heavy atom. The first kappa shape index (κ1) is 20.1. The molecule has 4 rings (SSSR count). The predicted molar refractivity (Wildman–Crippen MR) is 95.4 cm³/mol. The van der Waals surface area contributed by atoms with Crippen LogP contribution in [0.15, 0.2) is 12.1 Å². The second-order valence-corrected chi connectivity index (χ2v) is 9.15. The van der Waals surface area contributed by atoms with E-state index in [1.165, 1.54) is 12.8 Å². The van der Waals surface area contributed by atoms with Crippen LogP contribution in [0.1, 0.15) is 69.1 Å². The number of benzene rings is 1. The van der Waals surface area contributed by atoms with E-state index in [-0.39, 0.29) is 23.0 Å².